The summed E-state index contributed by atoms with van der Waals surface area (Å²) in [5, 5.41) is 4.12. The van der Waals surface area contributed by atoms with Crippen LogP contribution in [0.3, 0.4) is 0 Å². The van der Waals surface area contributed by atoms with E-state index in [0.29, 0.717) is 0 Å². The highest BCUT2D eigenvalue weighted by Crippen LogP contribution is 2.21. The van der Waals surface area contributed by atoms with Crippen molar-refractivity contribution in [1.29, 1.82) is 0 Å². The summed E-state index contributed by atoms with van der Waals surface area (Å²) in [7, 11) is 1.68. The molecule has 0 unspecified atom stereocenters. The van der Waals surface area contributed by atoms with Gasteiger partial charge in [0.25, 0.3) is 0 Å². The Balaban J connectivity index is 1.72. The van der Waals surface area contributed by atoms with E-state index in [2.05, 4.69) is 17.4 Å². The van der Waals surface area contributed by atoms with Gasteiger partial charge < -0.3 is 10.1 Å². The second kappa shape index (κ2) is 7.31. The maximum Gasteiger partial charge on any atom is 0.118 e. The standard InChI is InChI=1S/C15H16ClNOS/c1-18-14-6-8-15(9-7-14)19-11-10-17-13-4-2-12(16)3-5-13/h2-9,17H,10-11H2,1H3. The number of rotatable bonds is 6. The van der Waals surface area contributed by atoms with Crippen LogP contribution in [0, 0.1) is 0 Å². The molecule has 0 bridgehead atoms. The van der Waals surface area contributed by atoms with E-state index in [9.17, 15) is 0 Å². The Labute approximate surface area is 123 Å². The normalized spacial score (nSPS) is 10.2. The largest absolute Gasteiger partial charge is 0.497 e. The maximum absolute atomic E-state index is 5.84. The van der Waals surface area contributed by atoms with Crippen molar-refractivity contribution < 1.29 is 4.74 Å². The van der Waals surface area contributed by atoms with Gasteiger partial charge in [-0.1, -0.05) is 11.6 Å². The van der Waals surface area contributed by atoms with E-state index in [1.54, 1.807) is 7.11 Å². The van der Waals surface area contributed by atoms with Crippen LogP contribution < -0.4 is 10.1 Å². The molecule has 0 amide bonds. The summed E-state index contributed by atoms with van der Waals surface area (Å²) in [6.45, 7) is 0.915. The van der Waals surface area contributed by atoms with Crippen LogP contribution in [0.2, 0.25) is 5.02 Å². The zero-order chi connectivity index (χ0) is 13.5. The molecule has 19 heavy (non-hydrogen) atoms. The summed E-state index contributed by atoms with van der Waals surface area (Å²) >= 11 is 7.65. The SMILES string of the molecule is COc1ccc(SCCNc2ccc(Cl)cc2)cc1. The van der Waals surface area contributed by atoms with Crippen LogP contribution >= 0.6 is 23.4 Å². The summed E-state index contributed by atoms with van der Waals surface area (Å²) < 4.78 is 5.13. The monoisotopic (exact) mass is 293 g/mol. The van der Waals surface area contributed by atoms with Crippen molar-refractivity contribution in [3.8, 4) is 5.75 Å². The molecule has 0 aromatic heterocycles. The average molecular weight is 294 g/mol. The van der Waals surface area contributed by atoms with Gasteiger partial charge >= 0.3 is 0 Å². The highest BCUT2D eigenvalue weighted by Gasteiger charge is 1.96. The molecule has 0 saturated heterocycles. The third kappa shape index (κ3) is 4.69. The Bertz CT molecular complexity index is 499. The molecule has 0 heterocycles. The van der Waals surface area contributed by atoms with Gasteiger partial charge in [0.05, 0.1) is 7.11 Å². The second-order valence-corrected chi connectivity index (χ2v) is 5.56. The smallest absolute Gasteiger partial charge is 0.118 e. The molecule has 0 atom stereocenters. The van der Waals surface area contributed by atoms with Crippen LogP contribution in [-0.4, -0.2) is 19.4 Å². The highest BCUT2D eigenvalue weighted by molar-refractivity contribution is 7.99. The summed E-state index contributed by atoms with van der Waals surface area (Å²) in [4.78, 5) is 1.25. The summed E-state index contributed by atoms with van der Waals surface area (Å²) in [6.07, 6.45) is 0. The van der Waals surface area contributed by atoms with Gasteiger partial charge in [0, 0.05) is 27.9 Å². The Morgan fingerprint density at radius 1 is 1.05 bits per heavy atom. The number of benzene rings is 2. The van der Waals surface area contributed by atoms with Crippen molar-refractivity contribution in [3.05, 3.63) is 53.6 Å². The van der Waals surface area contributed by atoms with Gasteiger partial charge in [0.2, 0.25) is 0 Å². The lowest BCUT2D eigenvalue weighted by molar-refractivity contribution is 0.414. The fourth-order valence-electron chi connectivity index (χ4n) is 1.60. The topological polar surface area (TPSA) is 21.3 Å². The molecule has 0 radical (unpaired) electrons. The number of halogens is 1. The minimum atomic E-state index is 0.762. The van der Waals surface area contributed by atoms with E-state index < -0.39 is 0 Å². The molecule has 2 aromatic rings. The minimum absolute atomic E-state index is 0.762. The summed E-state index contributed by atoms with van der Waals surface area (Å²) in [6, 6.07) is 15.9. The lowest BCUT2D eigenvalue weighted by Crippen LogP contribution is -2.03. The molecule has 2 rings (SSSR count). The highest BCUT2D eigenvalue weighted by atomic mass is 35.5. The molecule has 1 N–H and O–H groups in total. The van der Waals surface area contributed by atoms with Crippen LogP contribution in [-0.2, 0) is 0 Å². The van der Waals surface area contributed by atoms with Crippen LogP contribution in [0.15, 0.2) is 53.4 Å². The second-order valence-electron chi connectivity index (χ2n) is 3.96. The van der Waals surface area contributed by atoms with Gasteiger partial charge in [-0.25, -0.2) is 0 Å². The first-order valence-electron chi connectivity index (χ1n) is 6.04. The van der Waals surface area contributed by atoms with Crippen LogP contribution in [0.25, 0.3) is 0 Å². The van der Waals surface area contributed by atoms with E-state index in [0.717, 1.165) is 28.8 Å². The third-order valence-corrected chi connectivity index (χ3v) is 3.87. The van der Waals surface area contributed by atoms with Gasteiger partial charge in [0.1, 0.15) is 5.75 Å². The van der Waals surface area contributed by atoms with E-state index in [-0.39, 0.29) is 0 Å². The van der Waals surface area contributed by atoms with Gasteiger partial charge in [-0.15, -0.1) is 11.8 Å². The zero-order valence-corrected chi connectivity index (χ0v) is 12.3. The Hall–Kier alpha value is -1.32. The lowest BCUT2D eigenvalue weighted by atomic mass is 10.3. The van der Waals surface area contributed by atoms with Gasteiger partial charge in [-0.2, -0.15) is 0 Å². The maximum atomic E-state index is 5.84. The Morgan fingerprint density at radius 2 is 1.74 bits per heavy atom. The molecule has 100 valence electrons. The van der Waals surface area contributed by atoms with E-state index in [1.165, 1.54) is 4.90 Å². The van der Waals surface area contributed by atoms with E-state index in [1.807, 2.05) is 48.2 Å². The molecule has 2 aromatic carbocycles. The van der Waals surface area contributed by atoms with Crippen LogP contribution in [0.5, 0.6) is 5.75 Å². The average Bonchev–Trinajstić information content (AvgIpc) is 2.46. The van der Waals surface area contributed by atoms with Gasteiger partial charge in [-0.05, 0) is 48.5 Å². The van der Waals surface area contributed by atoms with E-state index >= 15 is 0 Å². The van der Waals surface area contributed by atoms with Crippen molar-refractivity contribution in [3.63, 3.8) is 0 Å². The molecule has 0 aliphatic heterocycles. The number of anilines is 1. The first-order valence-corrected chi connectivity index (χ1v) is 7.40. The number of nitrogens with one attached hydrogen (secondary N) is 1. The molecular weight excluding hydrogens is 278 g/mol. The van der Waals surface area contributed by atoms with Crippen molar-refractivity contribution >= 4 is 29.1 Å². The zero-order valence-electron chi connectivity index (χ0n) is 10.7. The van der Waals surface area contributed by atoms with Crippen molar-refractivity contribution in [2.75, 3.05) is 24.7 Å². The van der Waals surface area contributed by atoms with Crippen molar-refractivity contribution in [1.82, 2.24) is 0 Å². The molecule has 0 saturated carbocycles. The Morgan fingerprint density at radius 3 is 2.37 bits per heavy atom. The molecule has 4 heteroatoms. The molecule has 0 spiro atoms. The lowest BCUT2D eigenvalue weighted by Gasteiger charge is -2.06. The molecule has 0 fully saturated rings. The fourth-order valence-corrected chi connectivity index (χ4v) is 2.50. The number of hydrogen-bond donors (Lipinski definition) is 1. The quantitative estimate of drug-likeness (QED) is 0.623. The number of thioether (sulfide) groups is 1. The number of ether oxygens (including phenoxy) is 1. The van der Waals surface area contributed by atoms with Crippen molar-refractivity contribution in [2.24, 2.45) is 0 Å². The Kier molecular flexibility index (Phi) is 5.43. The summed E-state index contributed by atoms with van der Waals surface area (Å²) in [5.74, 6) is 1.90. The molecule has 0 aliphatic rings. The van der Waals surface area contributed by atoms with Crippen LogP contribution in [0.4, 0.5) is 5.69 Å². The third-order valence-electron chi connectivity index (χ3n) is 2.60. The predicted molar refractivity (Wildman–Crippen MR) is 83.7 cm³/mol. The fraction of sp³-hybridized carbons (Fsp3) is 0.200. The predicted octanol–water partition coefficient (Wildman–Crippen LogP) is 4.55. The number of hydrogen-bond acceptors (Lipinski definition) is 3. The summed E-state index contributed by atoms with van der Waals surface area (Å²) in [5.41, 5.74) is 1.10. The van der Waals surface area contributed by atoms with Gasteiger partial charge in [-0.3, -0.25) is 0 Å². The first-order chi connectivity index (χ1) is 9.28. The molecular formula is C15H16ClNOS. The number of methoxy groups -OCH3 is 1. The molecule has 0 aliphatic carbocycles. The minimum Gasteiger partial charge on any atom is -0.497 e. The molecule has 2 nitrogen and oxygen atoms in total. The first kappa shape index (κ1) is 14.1. The van der Waals surface area contributed by atoms with Gasteiger partial charge in [0.15, 0.2) is 0 Å². The van der Waals surface area contributed by atoms with E-state index in [4.69, 9.17) is 16.3 Å². The van der Waals surface area contributed by atoms with Crippen molar-refractivity contribution in [2.45, 2.75) is 4.90 Å². The van der Waals surface area contributed by atoms with Crippen LogP contribution in [0.1, 0.15) is 0 Å².